The highest BCUT2D eigenvalue weighted by Gasteiger charge is 2.44. The molecular formula is C20H22F2N6O2S. The van der Waals surface area contributed by atoms with Crippen molar-refractivity contribution in [2.75, 3.05) is 31.1 Å². The lowest BCUT2D eigenvalue weighted by molar-refractivity contribution is 0.452. The molecule has 0 N–H and O–H groups in total. The van der Waals surface area contributed by atoms with E-state index in [2.05, 4.69) is 19.9 Å². The Hall–Kier alpha value is -2.66. The van der Waals surface area contributed by atoms with Gasteiger partial charge >= 0.3 is 0 Å². The summed E-state index contributed by atoms with van der Waals surface area (Å²) in [5.41, 5.74) is 1.66. The number of halogens is 2. The normalized spacial score (nSPS) is 21.8. The van der Waals surface area contributed by atoms with Crippen molar-refractivity contribution < 1.29 is 17.2 Å². The van der Waals surface area contributed by atoms with E-state index in [0.29, 0.717) is 26.2 Å². The summed E-state index contributed by atoms with van der Waals surface area (Å²) in [6, 6.07) is 2.86. The molecule has 0 bridgehead atoms. The number of fused-ring (bicyclic) bond motifs is 2. The van der Waals surface area contributed by atoms with Gasteiger partial charge in [-0.1, -0.05) is 0 Å². The molecule has 2 saturated heterocycles. The average Bonchev–Trinajstić information content (AvgIpc) is 3.39. The minimum Gasteiger partial charge on any atom is -0.354 e. The Morgan fingerprint density at radius 1 is 1.00 bits per heavy atom. The van der Waals surface area contributed by atoms with E-state index in [9.17, 15) is 17.2 Å². The van der Waals surface area contributed by atoms with Crippen molar-refractivity contribution >= 4 is 27.0 Å². The lowest BCUT2D eigenvalue weighted by atomic mass is 10.0. The number of hydrogen-bond acceptors (Lipinski definition) is 6. The van der Waals surface area contributed by atoms with E-state index in [-0.39, 0.29) is 17.4 Å². The van der Waals surface area contributed by atoms with Gasteiger partial charge in [-0.25, -0.2) is 36.5 Å². The van der Waals surface area contributed by atoms with Crippen LogP contribution in [0.15, 0.2) is 30.9 Å². The number of rotatable bonds is 5. The SMILES string of the molecule is CCn1cnc2c(N3CC4CN(S(=O)(=O)Cc5cc(F)cc(F)c5)CC4C3)ncnc21. The maximum absolute atomic E-state index is 13.4. The van der Waals surface area contributed by atoms with Crippen LogP contribution in [-0.4, -0.2) is 58.4 Å². The number of hydrogen-bond donors (Lipinski definition) is 0. The van der Waals surface area contributed by atoms with Gasteiger partial charge in [-0.3, -0.25) is 0 Å². The van der Waals surface area contributed by atoms with E-state index < -0.39 is 27.4 Å². The molecule has 5 rings (SSSR count). The third-order valence-corrected chi connectivity index (χ3v) is 7.92. The van der Waals surface area contributed by atoms with E-state index in [1.54, 1.807) is 6.33 Å². The Morgan fingerprint density at radius 3 is 2.32 bits per heavy atom. The highest BCUT2D eigenvalue weighted by molar-refractivity contribution is 7.88. The third kappa shape index (κ3) is 3.65. The van der Waals surface area contributed by atoms with Crippen LogP contribution in [0.5, 0.6) is 0 Å². The molecule has 1 aromatic carbocycles. The zero-order valence-electron chi connectivity index (χ0n) is 16.9. The second kappa shape index (κ2) is 7.49. The van der Waals surface area contributed by atoms with Crippen molar-refractivity contribution in [2.24, 2.45) is 11.8 Å². The zero-order valence-corrected chi connectivity index (χ0v) is 17.8. The summed E-state index contributed by atoms with van der Waals surface area (Å²) >= 11 is 0. The van der Waals surface area contributed by atoms with Crippen LogP contribution in [0.3, 0.4) is 0 Å². The maximum Gasteiger partial charge on any atom is 0.218 e. The standard InChI is InChI=1S/C20H22F2N6O2S/c1-2-26-12-25-18-19(26)23-11-24-20(18)27-6-14-8-28(9-15(14)7-27)31(29,30)10-13-3-16(21)5-17(22)4-13/h3-5,11-12,14-15H,2,6-10H2,1H3. The van der Waals surface area contributed by atoms with Gasteiger partial charge in [0.15, 0.2) is 17.0 Å². The van der Waals surface area contributed by atoms with Crippen molar-refractivity contribution in [2.45, 2.75) is 19.2 Å². The van der Waals surface area contributed by atoms with Crippen LogP contribution < -0.4 is 4.90 Å². The van der Waals surface area contributed by atoms with Gasteiger partial charge in [0.05, 0.1) is 12.1 Å². The predicted molar refractivity (Wildman–Crippen MR) is 111 cm³/mol. The van der Waals surface area contributed by atoms with Gasteiger partial charge in [0.1, 0.15) is 18.0 Å². The second-order valence-electron chi connectivity index (χ2n) is 8.18. The van der Waals surface area contributed by atoms with Gasteiger partial charge in [0.2, 0.25) is 10.0 Å². The highest BCUT2D eigenvalue weighted by Crippen LogP contribution is 2.36. The molecule has 3 aromatic rings. The van der Waals surface area contributed by atoms with Crippen molar-refractivity contribution in [1.82, 2.24) is 23.8 Å². The smallest absolute Gasteiger partial charge is 0.218 e. The van der Waals surface area contributed by atoms with Crippen molar-refractivity contribution in [3.8, 4) is 0 Å². The van der Waals surface area contributed by atoms with E-state index in [4.69, 9.17) is 0 Å². The fourth-order valence-electron chi connectivity index (χ4n) is 4.68. The van der Waals surface area contributed by atoms with Gasteiger partial charge < -0.3 is 9.47 Å². The Labute approximate surface area is 178 Å². The van der Waals surface area contributed by atoms with Crippen LogP contribution in [0.2, 0.25) is 0 Å². The average molecular weight is 448 g/mol. The first-order valence-corrected chi connectivity index (χ1v) is 11.8. The largest absolute Gasteiger partial charge is 0.354 e. The number of sulfonamides is 1. The monoisotopic (exact) mass is 448 g/mol. The molecule has 2 fully saturated rings. The summed E-state index contributed by atoms with van der Waals surface area (Å²) in [5.74, 6) is -0.862. The molecule has 2 atom stereocenters. The zero-order chi connectivity index (χ0) is 21.8. The number of aryl methyl sites for hydroxylation is 1. The topological polar surface area (TPSA) is 84.2 Å². The van der Waals surface area contributed by atoms with Crippen molar-refractivity contribution in [1.29, 1.82) is 0 Å². The first kappa shape index (κ1) is 20.3. The molecule has 0 amide bonds. The molecule has 0 radical (unpaired) electrons. The number of anilines is 1. The van der Waals surface area contributed by atoms with Crippen molar-refractivity contribution in [3.63, 3.8) is 0 Å². The van der Waals surface area contributed by atoms with E-state index in [1.165, 1.54) is 10.6 Å². The molecule has 11 heteroatoms. The van der Waals surface area contributed by atoms with Gasteiger partial charge in [-0.05, 0) is 36.5 Å². The second-order valence-corrected chi connectivity index (χ2v) is 10.1. The van der Waals surface area contributed by atoms with E-state index in [1.807, 2.05) is 11.5 Å². The van der Waals surface area contributed by atoms with Crippen LogP contribution >= 0.6 is 0 Å². The summed E-state index contributed by atoms with van der Waals surface area (Å²) in [6.45, 7) is 4.92. The Balaban J connectivity index is 1.30. The van der Waals surface area contributed by atoms with Crippen LogP contribution in [0.1, 0.15) is 12.5 Å². The lowest BCUT2D eigenvalue weighted by Crippen LogP contribution is -2.34. The van der Waals surface area contributed by atoms with Crippen LogP contribution in [0.25, 0.3) is 11.2 Å². The molecule has 2 aliphatic heterocycles. The lowest BCUT2D eigenvalue weighted by Gasteiger charge is -2.22. The number of imidazole rings is 1. The first-order chi connectivity index (χ1) is 14.8. The third-order valence-electron chi connectivity index (χ3n) is 6.14. The molecule has 8 nitrogen and oxygen atoms in total. The molecular weight excluding hydrogens is 426 g/mol. The Kier molecular flexibility index (Phi) is 4.89. The van der Waals surface area contributed by atoms with Crippen molar-refractivity contribution in [3.05, 3.63) is 48.1 Å². The highest BCUT2D eigenvalue weighted by atomic mass is 32.2. The molecule has 164 valence electrons. The molecule has 31 heavy (non-hydrogen) atoms. The van der Waals surface area contributed by atoms with Gasteiger partial charge in [0, 0.05) is 38.8 Å². The Morgan fingerprint density at radius 2 is 1.68 bits per heavy atom. The quantitative estimate of drug-likeness (QED) is 0.594. The molecule has 2 aromatic heterocycles. The fourth-order valence-corrected chi connectivity index (χ4v) is 6.29. The van der Waals surface area contributed by atoms with E-state index in [0.717, 1.165) is 41.7 Å². The molecule has 2 aliphatic rings. The number of nitrogens with zero attached hydrogens (tertiary/aromatic N) is 6. The number of benzene rings is 1. The summed E-state index contributed by atoms with van der Waals surface area (Å²) < 4.78 is 56.0. The first-order valence-electron chi connectivity index (χ1n) is 10.2. The maximum atomic E-state index is 13.4. The predicted octanol–water partition coefficient (Wildman–Crippen LogP) is 2.02. The minimum absolute atomic E-state index is 0.117. The summed E-state index contributed by atoms with van der Waals surface area (Å²) in [4.78, 5) is 15.4. The van der Waals surface area contributed by atoms with E-state index >= 15 is 0 Å². The molecule has 0 saturated carbocycles. The molecule has 2 unspecified atom stereocenters. The van der Waals surface area contributed by atoms with Gasteiger partial charge in [0.25, 0.3) is 0 Å². The molecule has 4 heterocycles. The molecule has 0 spiro atoms. The minimum atomic E-state index is -3.67. The van der Waals surface area contributed by atoms with Gasteiger partial charge in [-0.2, -0.15) is 0 Å². The van der Waals surface area contributed by atoms with Crippen LogP contribution in [0, 0.1) is 23.5 Å². The van der Waals surface area contributed by atoms with Crippen LogP contribution in [0.4, 0.5) is 14.6 Å². The van der Waals surface area contributed by atoms with Crippen LogP contribution in [-0.2, 0) is 22.3 Å². The fraction of sp³-hybridized carbons (Fsp3) is 0.450. The molecule has 0 aliphatic carbocycles. The van der Waals surface area contributed by atoms with Gasteiger partial charge in [-0.15, -0.1) is 0 Å². The Bertz CT molecular complexity index is 1210. The summed E-state index contributed by atoms with van der Waals surface area (Å²) in [5, 5.41) is 0. The summed E-state index contributed by atoms with van der Waals surface area (Å²) in [7, 11) is -3.67. The summed E-state index contributed by atoms with van der Waals surface area (Å²) in [6.07, 6.45) is 3.29. The number of aromatic nitrogens is 4.